The van der Waals surface area contributed by atoms with Crippen molar-refractivity contribution in [2.45, 2.75) is 56.3 Å². The number of nitrogen functional groups attached to an aromatic ring is 1. The predicted molar refractivity (Wildman–Crippen MR) is 106 cm³/mol. The molecule has 0 spiro atoms. The van der Waals surface area contributed by atoms with Crippen molar-refractivity contribution < 1.29 is 14.6 Å². The molecule has 1 saturated heterocycles. The fraction of sp³-hybridized carbons (Fsp3) is 0.700. The summed E-state index contributed by atoms with van der Waals surface area (Å²) < 4.78 is 5.98. The monoisotopic (exact) mass is 406 g/mol. The highest BCUT2D eigenvalue weighted by Crippen LogP contribution is 2.56. The number of anilines is 2. The first kappa shape index (κ1) is 18.3. The van der Waals surface area contributed by atoms with E-state index in [1.165, 1.54) is 0 Å². The van der Waals surface area contributed by atoms with Crippen molar-refractivity contribution in [3.05, 3.63) is 17.3 Å². The number of likely N-dealkylation sites (tertiary alicyclic amines) is 1. The minimum atomic E-state index is -0.506. The van der Waals surface area contributed by atoms with Gasteiger partial charge in [0.1, 0.15) is 11.9 Å². The average molecular weight is 407 g/mol. The number of aromatic nitrogens is 1. The molecule has 3 atom stereocenters. The van der Waals surface area contributed by atoms with Crippen molar-refractivity contribution in [2.24, 2.45) is 17.8 Å². The number of carbonyl (C=O) groups excluding carboxylic acids is 1. The number of nitrogens with zero attached hydrogens (tertiary/aromatic N) is 2. The fourth-order valence-corrected chi connectivity index (χ4v) is 6.30. The van der Waals surface area contributed by atoms with Crippen LogP contribution >= 0.6 is 11.6 Å². The average Bonchev–Trinajstić information content (AvgIpc) is 3.08. The van der Waals surface area contributed by atoms with Gasteiger partial charge in [0, 0.05) is 25.3 Å². The van der Waals surface area contributed by atoms with Crippen molar-refractivity contribution in [1.29, 1.82) is 0 Å². The molecule has 0 radical (unpaired) electrons. The third-order valence-electron chi connectivity index (χ3n) is 7.06. The Morgan fingerprint density at radius 2 is 2.11 bits per heavy atom. The van der Waals surface area contributed by atoms with Crippen LogP contribution in [-0.2, 0) is 4.74 Å². The number of hydrogen-bond donors (Lipinski definition) is 3. The lowest BCUT2D eigenvalue weighted by molar-refractivity contribution is -0.177. The molecule has 4 bridgehead atoms. The number of halogens is 1. The van der Waals surface area contributed by atoms with Crippen molar-refractivity contribution in [3.63, 3.8) is 0 Å². The topological polar surface area (TPSA) is 101 Å². The molecule has 0 aromatic carbocycles. The number of amides is 1. The number of nitrogens with two attached hydrogens (primary N) is 1. The van der Waals surface area contributed by atoms with Crippen LogP contribution in [0.25, 0.3) is 0 Å². The number of rotatable bonds is 3. The molecule has 8 heteroatoms. The zero-order valence-electron chi connectivity index (χ0n) is 15.8. The second kappa shape index (κ2) is 6.66. The first-order valence-corrected chi connectivity index (χ1v) is 10.6. The smallest absolute Gasteiger partial charge is 0.410 e. The molecule has 4 N–H and O–H groups in total. The molecule has 4 saturated carbocycles. The van der Waals surface area contributed by atoms with Crippen LogP contribution in [0, 0.1) is 17.8 Å². The molecule has 1 aromatic rings. The van der Waals surface area contributed by atoms with Crippen molar-refractivity contribution in [2.75, 3.05) is 24.1 Å². The summed E-state index contributed by atoms with van der Waals surface area (Å²) in [5.74, 6) is 1.83. The Morgan fingerprint density at radius 3 is 2.79 bits per heavy atom. The number of aliphatic hydroxyl groups is 1. The summed E-state index contributed by atoms with van der Waals surface area (Å²) in [6.45, 7) is 1.22. The molecule has 5 aliphatic rings. The van der Waals surface area contributed by atoms with Crippen LogP contribution in [-0.4, -0.2) is 51.9 Å². The van der Waals surface area contributed by atoms with Crippen LogP contribution in [0.15, 0.2) is 12.3 Å². The molecular weight excluding hydrogens is 380 g/mol. The third kappa shape index (κ3) is 3.28. The van der Waals surface area contributed by atoms with Gasteiger partial charge >= 0.3 is 6.09 Å². The van der Waals surface area contributed by atoms with E-state index in [2.05, 4.69) is 10.3 Å². The molecule has 28 heavy (non-hydrogen) atoms. The van der Waals surface area contributed by atoms with Gasteiger partial charge in [0.2, 0.25) is 0 Å². The Morgan fingerprint density at radius 1 is 1.36 bits per heavy atom. The summed E-state index contributed by atoms with van der Waals surface area (Å²) in [4.78, 5) is 18.8. The van der Waals surface area contributed by atoms with E-state index in [0.717, 1.165) is 38.5 Å². The van der Waals surface area contributed by atoms with Gasteiger partial charge in [0.05, 0.1) is 16.3 Å². The highest BCUT2D eigenvalue weighted by molar-refractivity contribution is 6.30. The first-order valence-electron chi connectivity index (χ1n) is 10.2. The Hall–Kier alpha value is -1.73. The Labute approximate surface area is 169 Å². The summed E-state index contributed by atoms with van der Waals surface area (Å²) >= 11 is 5.90. The van der Waals surface area contributed by atoms with Gasteiger partial charge in [-0.1, -0.05) is 11.6 Å². The molecule has 1 aromatic heterocycles. The highest BCUT2D eigenvalue weighted by atomic mass is 35.5. The second-order valence-electron chi connectivity index (χ2n) is 9.21. The number of hydrogen-bond acceptors (Lipinski definition) is 6. The zero-order chi connectivity index (χ0) is 19.5. The number of nitrogens with one attached hydrogen (secondary N) is 1. The molecule has 152 valence electrons. The summed E-state index contributed by atoms with van der Waals surface area (Å²) in [6, 6.07) is 1.75. The van der Waals surface area contributed by atoms with E-state index < -0.39 is 5.60 Å². The maximum absolute atomic E-state index is 12.8. The van der Waals surface area contributed by atoms with E-state index in [1.54, 1.807) is 17.2 Å². The molecular formula is C20H27ClN4O3. The summed E-state index contributed by atoms with van der Waals surface area (Å²) in [7, 11) is 0. The van der Waals surface area contributed by atoms with E-state index in [4.69, 9.17) is 22.1 Å². The van der Waals surface area contributed by atoms with Crippen LogP contribution in [0.3, 0.4) is 0 Å². The summed E-state index contributed by atoms with van der Waals surface area (Å²) in [5.41, 5.74) is 5.95. The molecule has 6 rings (SSSR count). The number of pyridine rings is 1. The maximum Gasteiger partial charge on any atom is 0.410 e. The Kier molecular flexibility index (Phi) is 4.36. The quantitative estimate of drug-likeness (QED) is 0.713. The molecule has 2 heterocycles. The maximum atomic E-state index is 12.8. The van der Waals surface area contributed by atoms with Crippen molar-refractivity contribution in [3.8, 4) is 0 Å². The van der Waals surface area contributed by atoms with Gasteiger partial charge < -0.3 is 25.8 Å². The van der Waals surface area contributed by atoms with Crippen LogP contribution in [0.2, 0.25) is 5.02 Å². The zero-order valence-corrected chi connectivity index (χ0v) is 16.6. The van der Waals surface area contributed by atoms with Gasteiger partial charge in [-0.25, -0.2) is 9.78 Å². The summed E-state index contributed by atoms with van der Waals surface area (Å²) in [5, 5.41) is 14.5. The van der Waals surface area contributed by atoms with Gasteiger partial charge in [0.15, 0.2) is 0 Å². The van der Waals surface area contributed by atoms with E-state index in [-0.39, 0.29) is 18.2 Å². The lowest BCUT2D eigenvalue weighted by Crippen LogP contribution is -2.58. The fourth-order valence-electron chi connectivity index (χ4n) is 6.13. The highest BCUT2D eigenvalue weighted by Gasteiger charge is 2.56. The number of carbonyl (C=O) groups is 1. The molecule has 1 aliphatic heterocycles. The molecule has 5 fully saturated rings. The van der Waals surface area contributed by atoms with Crippen LogP contribution in [0.5, 0.6) is 0 Å². The summed E-state index contributed by atoms with van der Waals surface area (Å²) in [6.07, 6.45) is 6.77. The lowest BCUT2D eigenvalue weighted by Gasteiger charge is -2.57. The van der Waals surface area contributed by atoms with Crippen molar-refractivity contribution >= 4 is 29.2 Å². The van der Waals surface area contributed by atoms with Gasteiger partial charge in [-0.3, -0.25) is 0 Å². The van der Waals surface area contributed by atoms with E-state index in [0.29, 0.717) is 47.4 Å². The molecule has 4 aliphatic carbocycles. The Balaban J connectivity index is 1.18. The van der Waals surface area contributed by atoms with E-state index >= 15 is 0 Å². The molecule has 1 amide bonds. The normalized spacial score (nSPS) is 38.6. The predicted octanol–water partition coefficient (Wildman–Crippen LogP) is 2.88. The second-order valence-corrected chi connectivity index (χ2v) is 9.65. The lowest BCUT2D eigenvalue weighted by atomic mass is 9.53. The Bertz CT molecular complexity index is 775. The van der Waals surface area contributed by atoms with E-state index in [9.17, 15) is 9.90 Å². The van der Waals surface area contributed by atoms with Gasteiger partial charge in [-0.05, 0) is 62.3 Å². The van der Waals surface area contributed by atoms with Crippen molar-refractivity contribution in [1.82, 2.24) is 9.88 Å². The standard InChI is InChI=1S/C20H27ClN4O3/c21-14-5-16(22)18(23-9-14)24-15-1-2-25(10-15)19(26)28-17-12-3-11-4-13(17)8-20(27,6-11)7-12/h5,9,11-13,15,17,27H,1-4,6-8,10,22H2,(H,23,24)/t11?,12?,13?,15-,17-,20-/m1/s1. The minimum Gasteiger partial charge on any atom is -0.446 e. The molecule has 2 unspecified atom stereocenters. The molecule has 7 nitrogen and oxygen atoms in total. The van der Waals surface area contributed by atoms with Gasteiger partial charge in [0.25, 0.3) is 0 Å². The van der Waals surface area contributed by atoms with E-state index in [1.807, 2.05) is 0 Å². The van der Waals surface area contributed by atoms with Crippen LogP contribution in [0.1, 0.15) is 38.5 Å². The van der Waals surface area contributed by atoms with Gasteiger partial charge in [-0.15, -0.1) is 0 Å². The number of ether oxygens (including phenoxy) is 1. The SMILES string of the molecule is Nc1cc(Cl)cnc1N[C@@H]1CCN(C(=O)O[C@H]2C3CC4CC2C[C@](O)(C4)C3)C1. The van der Waals surface area contributed by atoms with Crippen LogP contribution < -0.4 is 11.1 Å². The third-order valence-corrected chi connectivity index (χ3v) is 7.27. The first-order chi connectivity index (χ1) is 13.4. The largest absolute Gasteiger partial charge is 0.446 e. The van der Waals surface area contributed by atoms with Crippen LogP contribution in [0.4, 0.5) is 16.3 Å². The minimum absolute atomic E-state index is 0.0371. The van der Waals surface area contributed by atoms with Gasteiger partial charge in [-0.2, -0.15) is 0 Å².